The third kappa shape index (κ3) is 7.92. The van der Waals surface area contributed by atoms with E-state index in [4.69, 9.17) is 14.2 Å². The predicted molar refractivity (Wildman–Crippen MR) is 149 cm³/mol. The van der Waals surface area contributed by atoms with Crippen molar-refractivity contribution in [2.45, 2.75) is 46.4 Å². The summed E-state index contributed by atoms with van der Waals surface area (Å²) in [6.07, 6.45) is 3.78. The molecule has 0 saturated heterocycles. The lowest BCUT2D eigenvalue weighted by atomic mass is 10.1. The van der Waals surface area contributed by atoms with Gasteiger partial charge in [0.1, 0.15) is 23.7 Å². The zero-order valence-electron chi connectivity index (χ0n) is 23.1. The average Bonchev–Trinajstić information content (AvgIpc) is 2.94. The van der Waals surface area contributed by atoms with Crippen molar-refractivity contribution in [3.05, 3.63) is 94.3 Å². The molecule has 1 aromatic heterocycles. The van der Waals surface area contributed by atoms with E-state index in [1.807, 2.05) is 13.0 Å². The highest BCUT2D eigenvalue weighted by atomic mass is 16.6. The van der Waals surface area contributed by atoms with Crippen LogP contribution in [0.4, 0.5) is 10.5 Å². The number of hydrogen-bond donors (Lipinski definition) is 0. The fraction of sp³-hybridized carbons (Fsp3) is 0.258. The molecular formula is C31H30N4O5. The molecule has 0 unspecified atom stereocenters. The molecule has 0 atom stereocenters. The van der Waals surface area contributed by atoms with E-state index in [9.17, 15) is 20.1 Å². The topological polar surface area (TPSA) is 126 Å². The highest BCUT2D eigenvalue weighted by Crippen LogP contribution is 2.30. The molecule has 0 saturated carbocycles. The molecule has 0 aliphatic rings. The first kappa shape index (κ1) is 29.4. The van der Waals surface area contributed by atoms with Gasteiger partial charge in [-0.2, -0.15) is 10.5 Å². The van der Waals surface area contributed by atoms with E-state index in [0.717, 1.165) is 5.56 Å². The van der Waals surface area contributed by atoms with E-state index in [-0.39, 0.29) is 13.2 Å². The number of carbonyl (C=O) groups is 2. The molecule has 1 heterocycles. The van der Waals surface area contributed by atoms with Crippen LogP contribution in [0.5, 0.6) is 5.75 Å². The number of methoxy groups -OCH3 is 1. The SMILES string of the molecule is COC(=O)/C=C/c1ncc(CN(C(=O)OC(C)(C)C)c2ccc(C#N)cc2)c(C)c1OCc1cccc(C#N)c1. The molecule has 9 nitrogen and oxygen atoms in total. The number of nitrogens with zero attached hydrogens (tertiary/aromatic N) is 4. The first-order valence-electron chi connectivity index (χ1n) is 12.4. The van der Waals surface area contributed by atoms with Gasteiger partial charge in [0.05, 0.1) is 36.9 Å². The molecule has 0 fully saturated rings. The number of aromatic nitrogens is 1. The van der Waals surface area contributed by atoms with E-state index < -0.39 is 17.7 Å². The Morgan fingerprint density at radius 3 is 2.38 bits per heavy atom. The van der Waals surface area contributed by atoms with Crippen LogP contribution in [-0.4, -0.2) is 29.8 Å². The third-order valence-corrected chi connectivity index (χ3v) is 5.68. The van der Waals surface area contributed by atoms with Crippen molar-refractivity contribution in [1.82, 2.24) is 4.98 Å². The number of amides is 1. The summed E-state index contributed by atoms with van der Waals surface area (Å²) in [6, 6.07) is 17.8. The van der Waals surface area contributed by atoms with E-state index in [0.29, 0.717) is 39.4 Å². The predicted octanol–water partition coefficient (Wildman–Crippen LogP) is 5.84. The Labute approximate surface area is 233 Å². The van der Waals surface area contributed by atoms with Gasteiger partial charge < -0.3 is 14.2 Å². The number of benzene rings is 2. The maximum atomic E-state index is 13.3. The molecule has 0 bridgehead atoms. The number of rotatable bonds is 8. The minimum atomic E-state index is -0.732. The maximum Gasteiger partial charge on any atom is 0.415 e. The number of anilines is 1. The van der Waals surface area contributed by atoms with Crippen molar-refractivity contribution < 1.29 is 23.8 Å². The molecule has 0 spiro atoms. The zero-order valence-corrected chi connectivity index (χ0v) is 23.1. The van der Waals surface area contributed by atoms with Gasteiger partial charge in [-0.05, 0) is 86.9 Å². The Morgan fingerprint density at radius 1 is 1.05 bits per heavy atom. The number of pyridine rings is 1. The molecule has 204 valence electrons. The average molecular weight is 539 g/mol. The van der Waals surface area contributed by atoms with Gasteiger partial charge in [0.15, 0.2) is 0 Å². The van der Waals surface area contributed by atoms with E-state index in [1.165, 1.54) is 24.2 Å². The Balaban J connectivity index is 2.02. The van der Waals surface area contributed by atoms with Gasteiger partial charge >= 0.3 is 12.1 Å². The van der Waals surface area contributed by atoms with Crippen LogP contribution in [0.25, 0.3) is 6.08 Å². The standard InChI is InChI=1S/C31H30N4O5/c1-21-25(19-35(30(37)40-31(2,3)4)26-11-9-22(16-32)10-12-26)18-34-27(13-14-28(36)38-5)29(21)39-20-24-8-6-7-23(15-24)17-33/h6-15,18H,19-20H2,1-5H3/b14-13+. The molecule has 3 aromatic rings. The van der Waals surface area contributed by atoms with Gasteiger partial charge in [0.2, 0.25) is 0 Å². The minimum absolute atomic E-state index is 0.0981. The maximum absolute atomic E-state index is 13.3. The first-order chi connectivity index (χ1) is 19.0. The number of nitriles is 2. The lowest BCUT2D eigenvalue weighted by Gasteiger charge is -2.28. The van der Waals surface area contributed by atoms with Crippen LogP contribution in [-0.2, 0) is 27.4 Å². The minimum Gasteiger partial charge on any atom is -0.486 e. The summed E-state index contributed by atoms with van der Waals surface area (Å²) in [6.45, 7) is 7.42. The fourth-order valence-corrected chi connectivity index (χ4v) is 3.67. The van der Waals surface area contributed by atoms with Crippen LogP contribution < -0.4 is 9.64 Å². The second-order valence-corrected chi connectivity index (χ2v) is 9.81. The Morgan fingerprint density at radius 2 is 1.75 bits per heavy atom. The second-order valence-electron chi connectivity index (χ2n) is 9.81. The lowest BCUT2D eigenvalue weighted by molar-refractivity contribution is -0.134. The molecule has 40 heavy (non-hydrogen) atoms. The summed E-state index contributed by atoms with van der Waals surface area (Å²) in [7, 11) is 1.28. The van der Waals surface area contributed by atoms with Crippen molar-refractivity contribution in [3.63, 3.8) is 0 Å². The van der Waals surface area contributed by atoms with E-state index in [1.54, 1.807) is 69.4 Å². The molecule has 0 N–H and O–H groups in total. The van der Waals surface area contributed by atoms with Crippen LogP contribution in [0.3, 0.4) is 0 Å². The van der Waals surface area contributed by atoms with Gasteiger partial charge in [-0.1, -0.05) is 12.1 Å². The summed E-state index contributed by atoms with van der Waals surface area (Å²) >= 11 is 0. The second kappa shape index (κ2) is 13.1. The summed E-state index contributed by atoms with van der Waals surface area (Å²) in [5, 5.41) is 18.4. The Bertz CT molecular complexity index is 1490. The number of ether oxygens (including phenoxy) is 3. The van der Waals surface area contributed by atoms with Crippen molar-refractivity contribution in [2.75, 3.05) is 12.0 Å². The van der Waals surface area contributed by atoms with Crippen LogP contribution in [0.2, 0.25) is 0 Å². The van der Waals surface area contributed by atoms with Crippen molar-refractivity contribution in [2.24, 2.45) is 0 Å². The summed E-state index contributed by atoms with van der Waals surface area (Å²) in [5.41, 5.74) is 3.31. The summed E-state index contributed by atoms with van der Waals surface area (Å²) in [4.78, 5) is 31.0. The highest BCUT2D eigenvalue weighted by Gasteiger charge is 2.25. The smallest absolute Gasteiger partial charge is 0.415 e. The van der Waals surface area contributed by atoms with Crippen LogP contribution >= 0.6 is 0 Å². The number of hydrogen-bond acceptors (Lipinski definition) is 8. The molecule has 9 heteroatoms. The monoisotopic (exact) mass is 538 g/mol. The lowest BCUT2D eigenvalue weighted by Crippen LogP contribution is -2.36. The zero-order chi connectivity index (χ0) is 29.3. The summed E-state index contributed by atoms with van der Waals surface area (Å²) < 4.78 is 16.5. The van der Waals surface area contributed by atoms with Gasteiger partial charge in [-0.3, -0.25) is 9.88 Å². The van der Waals surface area contributed by atoms with Gasteiger partial charge in [0, 0.05) is 18.0 Å². The Kier molecular flexibility index (Phi) is 9.61. The van der Waals surface area contributed by atoms with E-state index >= 15 is 0 Å². The number of carbonyl (C=O) groups excluding carboxylic acids is 2. The number of esters is 1. The van der Waals surface area contributed by atoms with Crippen molar-refractivity contribution in [1.29, 1.82) is 10.5 Å². The first-order valence-corrected chi connectivity index (χ1v) is 12.4. The van der Waals surface area contributed by atoms with Gasteiger partial charge in [0.25, 0.3) is 0 Å². The van der Waals surface area contributed by atoms with Crippen LogP contribution in [0, 0.1) is 29.6 Å². The van der Waals surface area contributed by atoms with Gasteiger partial charge in [-0.15, -0.1) is 0 Å². The molecular weight excluding hydrogens is 508 g/mol. The van der Waals surface area contributed by atoms with Gasteiger partial charge in [-0.25, -0.2) is 9.59 Å². The molecule has 0 aliphatic carbocycles. The van der Waals surface area contributed by atoms with E-state index in [2.05, 4.69) is 17.1 Å². The van der Waals surface area contributed by atoms with Crippen LogP contribution in [0.1, 0.15) is 54.3 Å². The highest BCUT2D eigenvalue weighted by molar-refractivity contribution is 5.88. The summed E-state index contributed by atoms with van der Waals surface area (Å²) in [5.74, 6) is -0.142. The fourth-order valence-electron chi connectivity index (χ4n) is 3.67. The van der Waals surface area contributed by atoms with Crippen molar-refractivity contribution in [3.8, 4) is 17.9 Å². The normalized spacial score (nSPS) is 10.9. The molecule has 1 amide bonds. The quantitative estimate of drug-likeness (QED) is 0.259. The molecule has 3 rings (SSSR count). The molecule has 0 radical (unpaired) electrons. The third-order valence-electron chi connectivity index (χ3n) is 5.68. The Hall–Kier alpha value is -5.15. The van der Waals surface area contributed by atoms with Crippen LogP contribution in [0.15, 0.2) is 60.8 Å². The molecule has 0 aliphatic heterocycles. The molecule has 2 aromatic carbocycles. The van der Waals surface area contributed by atoms with Crippen molar-refractivity contribution >= 4 is 23.8 Å². The largest absolute Gasteiger partial charge is 0.486 e.